The van der Waals surface area contributed by atoms with Gasteiger partial charge in [0.15, 0.2) is 0 Å². The van der Waals surface area contributed by atoms with Crippen molar-refractivity contribution in [3.8, 4) is 0 Å². The summed E-state index contributed by atoms with van der Waals surface area (Å²) < 4.78 is 9.96. The van der Waals surface area contributed by atoms with Crippen LogP contribution in [0.1, 0.15) is 26.2 Å². The van der Waals surface area contributed by atoms with E-state index >= 15 is 0 Å². The average Bonchev–Trinajstić information content (AvgIpc) is 2.13. The Kier molecular flexibility index (Phi) is 8.17. The fourth-order valence-electron chi connectivity index (χ4n) is 0.917. The van der Waals surface area contributed by atoms with Crippen molar-refractivity contribution in [2.45, 2.75) is 32.4 Å². The number of ether oxygens (including phenoxy) is 2. The Bertz CT molecular complexity index is 171. The molecule has 14 heavy (non-hydrogen) atoms. The van der Waals surface area contributed by atoms with Crippen molar-refractivity contribution in [2.75, 3.05) is 13.2 Å². The molecule has 2 N–H and O–H groups in total. The Labute approximate surface area is 85.1 Å². The maximum atomic E-state index is 10.9. The lowest BCUT2D eigenvalue weighted by Gasteiger charge is -2.10. The minimum atomic E-state index is -0.310. The fraction of sp³-hybridized carbons (Fsp3) is 0.700. The van der Waals surface area contributed by atoms with Crippen LogP contribution in [0.2, 0.25) is 0 Å². The molecule has 0 heterocycles. The van der Waals surface area contributed by atoms with Crippen LogP contribution >= 0.6 is 0 Å². The predicted molar refractivity (Wildman–Crippen MR) is 54.6 cm³/mol. The van der Waals surface area contributed by atoms with Gasteiger partial charge in [0.05, 0.1) is 6.61 Å². The summed E-state index contributed by atoms with van der Waals surface area (Å²) in [7, 11) is 0. The van der Waals surface area contributed by atoms with Gasteiger partial charge >= 0.3 is 5.97 Å². The van der Waals surface area contributed by atoms with Crippen molar-refractivity contribution in [1.82, 2.24) is 0 Å². The maximum Gasteiger partial charge on any atom is 0.305 e. The molecule has 0 saturated carbocycles. The zero-order valence-electron chi connectivity index (χ0n) is 8.70. The van der Waals surface area contributed by atoms with Gasteiger partial charge in [-0.15, -0.1) is 6.58 Å². The Balaban J connectivity index is 3.28. The third kappa shape index (κ3) is 7.76. The molecule has 0 aromatic rings. The molecule has 82 valence electrons. The molecule has 0 saturated heterocycles. The largest absolute Gasteiger partial charge is 0.466 e. The summed E-state index contributed by atoms with van der Waals surface area (Å²) in [6, 6.07) is 0. The highest BCUT2D eigenvalue weighted by molar-refractivity contribution is 5.69. The zero-order chi connectivity index (χ0) is 10.8. The molecule has 0 aliphatic rings. The quantitative estimate of drug-likeness (QED) is 0.277. The molecule has 0 aliphatic carbocycles. The van der Waals surface area contributed by atoms with Gasteiger partial charge in [0.1, 0.15) is 6.23 Å². The lowest BCUT2D eigenvalue weighted by Crippen LogP contribution is -2.23. The molecular weight excluding hydrogens is 182 g/mol. The van der Waals surface area contributed by atoms with Gasteiger partial charge in [-0.1, -0.05) is 6.08 Å². The molecular formula is C10H19NO3. The topological polar surface area (TPSA) is 61.5 Å². The van der Waals surface area contributed by atoms with E-state index in [1.165, 1.54) is 0 Å². The Morgan fingerprint density at radius 2 is 2.36 bits per heavy atom. The number of carbonyl (C=O) groups is 1. The second-order valence-corrected chi connectivity index (χ2v) is 2.84. The number of hydrogen-bond acceptors (Lipinski definition) is 4. The van der Waals surface area contributed by atoms with Crippen molar-refractivity contribution in [2.24, 2.45) is 5.73 Å². The van der Waals surface area contributed by atoms with E-state index < -0.39 is 0 Å². The fourth-order valence-corrected chi connectivity index (χ4v) is 0.917. The SMILES string of the molecule is C=CCC(N)OCCCC(=O)OCC. The van der Waals surface area contributed by atoms with E-state index in [4.69, 9.17) is 15.2 Å². The molecule has 0 aliphatic heterocycles. The molecule has 4 nitrogen and oxygen atoms in total. The van der Waals surface area contributed by atoms with Crippen molar-refractivity contribution >= 4 is 5.97 Å². The first-order valence-corrected chi connectivity index (χ1v) is 4.84. The minimum absolute atomic E-state index is 0.187. The van der Waals surface area contributed by atoms with Gasteiger partial charge < -0.3 is 15.2 Å². The summed E-state index contributed by atoms with van der Waals surface area (Å²) in [5.74, 6) is -0.187. The van der Waals surface area contributed by atoms with E-state index in [0.717, 1.165) is 0 Å². The van der Waals surface area contributed by atoms with Gasteiger partial charge in [-0.3, -0.25) is 4.79 Å². The molecule has 0 fully saturated rings. The smallest absolute Gasteiger partial charge is 0.305 e. The van der Waals surface area contributed by atoms with Crippen LogP contribution in [0.25, 0.3) is 0 Å². The van der Waals surface area contributed by atoms with Gasteiger partial charge in [-0.2, -0.15) is 0 Å². The summed E-state index contributed by atoms with van der Waals surface area (Å²) >= 11 is 0. The normalized spacial score (nSPS) is 12.1. The molecule has 4 heteroatoms. The number of carbonyl (C=O) groups excluding carboxylic acids is 1. The molecule has 1 atom stereocenters. The first-order valence-electron chi connectivity index (χ1n) is 4.84. The molecule has 0 aromatic carbocycles. The average molecular weight is 201 g/mol. The summed E-state index contributed by atoms with van der Waals surface area (Å²) in [5.41, 5.74) is 5.55. The first-order chi connectivity index (χ1) is 6.70. The molecule has 0 bridgehead atoms. The van der Waals surface area contributed by atoms with Crippen molar-refractivity contribution in [3.63, 3.8) is 0 Å². The number of hydrogen-bond donors (Lipinski definition) is 1. The van der Waals surface area contributed by atoms with Crippen LogP contribution in [0.3, 0.4) is 0 Å². The van der Waals surface area contributed by atoms with E-state index in [2.05, 4.69) is 6.58 Å². The number of nitrogens with two attached hydrogens (primary N) is 1. The minimum Gasteiger partial charge on any atom is -0.466 e. The second-order valence-electron chi connectivity index (χ2n) is 2.84. The van der Waals surface area contributed by atoms with Crippen LogP contribution in [0.5, 0.6) is 0 Å². The zero-order valence-corrected chi connectivity index (χ0v) is 8.70. The lowest BCUT2D eigenvalue weighted by atomic mass is 10.3. The molecule has 0 aromatic heterocycles. The van der Waals surface area contributed by atoms with Crippen LogP contribution in [-0.2, 0) is 14.3 Å². The van der Waals surface area contributed by atoms with Crippen LogP contribution in [0.4, 0.5) is 0 Å². The highest BCUT2D eigenvalue weighted by Crippen LogP contribution is 1.97. The standard InChI is InChI=1S/C10H19NO3/c1-3-6-9(11)14-8-5-7-10(12)13-4-2/h3,9H,1,4-8,11H2,2H3. The third-order valence-electron chi connectivity index (χ3n) is 1.56. The molecule has 0 rings (SSSR count). The van der Waals surface area contributed by atoms with Crippen LogP contribution in [0, 0.1) is 0 Å². The van der Waals surface area contributed by atoms with E-state index in [9.17, 15) is 4.79 Å². The summed E-state index contributed by atoms with van der Waals surface area (Å²) in [6.07, 6.45) is 3.04. The van der Waals surface area contributed by atoms with Gasteiger partial charge in [-0.05, 0) is 13.3 Å². The molecule has 1 unspecified atom stereocenters. The van der Waals surface area contributed by atoms with Gasteiger partial charge in [0.25, 0.3) is 0 Å². The Morgan fingerprint density at radius 1 is 1.64 bits per heavy atom. The van der Waals surface area contributed by atoms with Crippen molar-refractivity contribution < 1.29 is 14.3 Å². The van der Waals surface area contributed by atoms with Gasteiger partial charge in [0, 0.05) is 19.4 Å². The second kappa shape index (κ2) is 8.72. The highest BCUT2D eigenvalue weighted by Gasteiger charge is 2.03. The molecule has 0 amide bonds. The monoisotopic (exact) mass is 201 g/mol. The Hall–Kier alpha value is -0.870. The lowest BCUT2D eigenvalue weighted by molar-refractivity contribution is -0.143. The summed E-state index contributed by atoms with van der Waals surface area (Å²) in [6.45, 7) is 6.24. The number of rotatable bonds is 8. The van der Waals surface area contributed by atoms with Crippen LogP contribution in [0.15, 0.2) is 12.7 Å². The molecule has 0 spiro atoms. The van der Waals surface area contributed by atoms with E-state index in [0.29, 0.717) is 32.5 Å². The highest BCUT2D eigenvalue weighted by atomic mass is 16.5. The van der Waals surface area contributed by atoms with Crippen LogP contribution in [-0.4, -0.2) is 25.4 Å². The third-order valence-corrected chi connectivity index (χ3v) is 1.56. The maximum absolute atomic E-state index is 10.9. The summed E-state index contributed by atoms with van der Waals surface area (Å²) in [4.78, 5) is 10.9. The predicted octanol–water partition coefficient (Wildman–Crippen LogP) is 1.21. The van der Waals surface area contributed by atoms with Gasteiger partial charge in [-0.25, -0.2) is 0 Å². The van der Waals surface area contributed by atoms with E-state index in [1.54, 1.807) is 13.0 Å². The molecule has 0 radical (unpaired) electrons. The Morgan fingerprint density at radius 3 is 2.93 bits per heavy atom. The van der Waals surface area contributed by atoms with Crippen molar-refractivity contribution in [3.05, 3.63) is 12.7 Å². The first kappa shape index (κ1) is 13.1. The van der Waals surface area contributed by atoms with E-state index in [-0.39, 0.29) is 12.2 Å². The van der Waals surface area contributed by atoms with E-state index in [1.807, 2.05) is 0 Å². The van der Waals surface area contributed by atoms with Crippen molar-refractivity contribution in [1.29, 1.82) is 0 Å². The number of esters is 1. The summed E-state index contributed by atoms with van der Waals surface area (Å²) in [5, 5.41) is 0. The van der Waals surface area contributed by atoms with Gasteiger partial charge in [0.2, 0.25) is 0 Å². The van der Waals surface area contributed by atoms with Crippen LogP contribution < -0.4 is 5.73 Å².